The standard InChI is InChI=1S/C28H35ClN8O6/c1-28(2,3)43-27(38)31-17-7-8-19(23(13-17)41-5)32-25-18(29)16-30-26(34-25)33-20-14-22(37(39)40)21(15-24(20)42-6)36-11-9-35(4)10-12-36/h7-8,13-16H,9-12H2,1-6H3,(H,31,38)(H2,30,32,33,34). The van der Waals surface area contributed by atoms with Crippen LogP contribution in [0.25, 0.3) is 0 Å². The van der Waals surface area contributed by atoms with E-state index in [2.05, 4.69) is 30.8 Å². The highest BCUT2D eigenvalue weighted by Crippen LogP contribution is 2.40. The molecule has 14 nitrogen and oxygen atoms in total. The Labute approximate surface area is 254 Å². The van der Waals surface area contributed by atoms with Crippen molar-refractivity contribution < 1.29 is 23.9 Å². The Morgan fingerprint density at radius 1 is 1.02 bits per heavy atom. The number of nitrogens with one attached hydrogen (secondary N) is 3. The van der Waals surface area contributed by atoms with Crippen LogP contribution in [0.3, 0.4) is 0 Å². The van der Waals surface area contributed by atoms with Crippen molar-refractivity contribution in [2.24, 2.45) is 0 Å². The molecule has 1 aromatic heterocycles. The summed E-state index contributed by atoms with van der Waals surface area (Å²) in [6, 6.07) is 8.03. The van der Waals surface area contributed by atoms with Crippen molar-refractivity contribution in [1.82, 2.24) is 14.9 Å². The largest absolute Gasteiger partial charge is 0.494 e. The fourth-order valence-electron chi connectivity index (χ4n) is 4.33. The predicted octanol–water partition coefficient (Wildman–Crippen LogP) is 5.64. The molecule has 0 saturated carbocycles. The third-order valence-corrected chi connectivity index (χ3v) is 6.70. The van der Waals surface area contributed by atoms with Crippen LogP contribution in [0.1, 0.15) is 20.8 Å². The van der Waals surface area contributed by atoms with Crippen molar-refractivity contribution in [1.29, 1.82) is 0 Å². The van der Waals surface area contributed by atoms with E-state index in [1.165, 1.54) is 26.5 Å². The number of ether oxygens (including phenoxy) is 3. The lowest BCUT2D eigenvalue weighted by molar-refractivity contribution is -0.384. The Bertz CT molecular complexity index is 1490. The lowest BCUT2D eigenvalue weighted by Crippen LogP contribution is -2.44. The zero-order chi connectivity index (χ0) is 31.3. The number of benzene rings is 2. The highest BCUT2D eigenvalue weighted by Gasteiger charge is 2.26. The van der Waals surface area contributed by atoms with Crippen molar-refractivity contribution in [3.63, 3.8) is 0 Å². The summed E-state index contributed by atoms with van der Waals surface area (Å²) in [5, 5.41) is 21.0. The SMILES string of the molecule is COc1cc(N2CCN(C)CC2)c([N+](=O)[O-])cc1Nc1ncc(Cl)c(Nc2ccc(NC(=O)OC(C)(C)C)cc2OC)n1. The van der Waals surface area contributed by atoms with Gasteiger partial charge in [0.15, 0.2) is 5.82 Å². The quantitative estimate of drug-likeness (QED) is 0.201. The maximum absolute atomic E-state index is 12.2. The number of rotatable bonds is 9. The molecule has 1 aliphatic heterocycles. The summed E-state index contributed by atoms with van der Waals surface area (Å²) in [5.74, 6) is 1.15. The van der Waals surface area contributed by atoms with Gasteiger partial charge in [0.05, 0.1) is 36.7 Å². The van der Waals surface area contributed by atoms with Gasteiger partial charge in [0, 0.05) is 50.1 Å². The van der Waals surface area contributed by atoms with Crippen LogP contribution >= 0.6 is 11.6 Å². The molecule has 1 aliphatic rings. The maximum Gasteiger partial charge on any atom is 0.412 e. The van der Waals surface area contributed by atoms with Crippen molar-refractivity contribution in [2.75, 3.05) is 68.3 Å². The number of anilines is 6. The summed E-state index contributed by atoms with van der Waals surface area (Å²) >= 11 is 6.40. The van der Waals surface area contributed by atoms with Crippen LogP contribution in [-0.2, 0) is 4.74 Å². The van der Waals surface area contributed by atoms with Crippen LogP contribution in [0.5, 0.6) is 11.5 Å². The number of amides is 1. The number of nitro groups is 1. The van der Waals surface area contributed by atoms with E-state index in [1.807, 2.05) is 11.9 Å². The van der Waals surface area contributed by atoms with Gasteiger partial charge in [0.2, 0.25) is 5.95 Å². The number of carbonyl (C=O) groups is 1. The molecule has 0 unspecified atom stereocenters. The van der Waals surface area contributed by atoms with Crippen molar-refractivity contribution in [3.05, 3.63) is 51.7 Å². The monoisotopic (exact) mass is 614 g/mol. The van der Waals surface area contributed by atoms with Gasteiger partial charge in [-0.15, -0.1) is 0 Å². The molecule has 3 aromatic rings. The van der Waals surface area contributed by atoms with Crippen LogP contribution in [0, 0.1) is 10.1 Å². The van der Waals surface area contributed by atoms with E-state index < -0.39 is 16.6 Å². The lowest BCUT2D eigenvalue weighted by Gasteiger charge is -2.34. The number of halogens is 1. The highest BCUT2D eigenvalue weighted by atomic mass is 35.5. The summed E-state index contributed by atoms with van der Waals surface area (Å²) in [6.45, 7) is 8.22. The minimum Gasteiger partial charge on any atom is -0.494 e. The van der Waals surface area contributed by atoms with Crippen molar-refractivity contribution in [2.45, 2.75) is 26.4 Å². The molecule has 0 atom stereocenters. The average Bonchev–Trinajstić information content (AvgIpc) is 2.94. The van der Waals surface area contributed by atoms with Crippen LogP contribution in [0.15, 0.2) is 36.5 Å². The minimum atomic E-state index is -0.646. The molecule has 15 heteroatoms. The van der Waals surface area contributed by atoms with Gasteiger partial charge >= 0.3 is 6.09 Å². The Morgan fingerprint density at radius 3 is 2.33 bits per heavy atom. The second kappa shape index (κ2) is 13.2. The molecule has 1 fully saturated rings. The van der Waals surface area contributed by atoms with Gasteiger partial charge in [-0.05, 0) is 40.0 Å². The van der Waals surface area contributed by atoms with Crippen LogP contribution in [0.2, 0.25) is 5.02 Å². The summed E-state index contributed by atoms with van der Waals surface area (Å²) in [4.78, 5) is 36.6. The van der Waals surface area contributed by atoms with Crippen LogP contribution < -0.4 is 30.3 Å². The molecule has 0 spiro atoms. The summed E-state index contributed by atoms with van der Waals surface area (Å²) in [6.07, 6.45) is 0.793. The topological polar surface area (TPSA) is 156 Å². The normalized spacial score (nSPS) is 13.7. The average molecular weight is 615 g/mol. The number of nitro benzene ring substituents is 1. The Hall–Kier alpha value is -4.56. The van der Waals surface area contributed by atoms with Gasteiger partial charge < -0.3 is 34.6 Å². The molecule has 1 saturated heterocycles. The van der Waals surface area contributed by atoms with Crippen LogP contribution in [-0.4, -0.2) is 78.9 Å². The second-order valence-electron chi connectivity index (χ2n) is 10.8. The second-order valence-corrected chi connectivity index (χ2v) is 11.2. The van der Waals surface area contributed by atoms with E-state index in [9.17, 15) is 14.9 Å². The molecule has 43 heavy (non-hydrogen) atoms. The van der Waals surface area contributed by atoms with E-state index in [4.69, 9.17) is 25.8 Å². The molecular formula is C28H35ClN8O6. The number of carbonyl (C=O) groups excluding carboxylic acids is 1. The molecule has 230 valence electrons. The summed E-state index contributed by atoms with van der Waals surface area (Å²) < 4.78 is 16.4. The fourth-order valence-corrected chi connectivity index (χ4v) is 4.47. The molecule has 0 bridgehead atoms. The molecule has 4 rings (SSSR count). The zero-order valence-electron chi connectivity index (χ0n) is 24.9. The van der Waals surface area contributed by atoms with Gasteiger partial charge in [0.1, 0.15) is 27.8 Å². The number of piperazine rings is 1. The highest BCUT2D eigenvalue weighted by molar-refractivity contribution is 6.33. The van der Waals surface area contributed by atoms with Gasteiger partial charge in [0.25, 0.3) is 5.69 Å². The zero-order valence-corrected chi connectivity index (χ0v) is 25.6. The summed E-state index contributed by atoms with van der Waals surface area (Å²) in [5.41, 5.74) is 1.05. The summed E-state index contributed by atoms with van der Waals surface area (Å²) in [7, 11) is 4.99. The first kappa shape index (κ1) is 31.4. The number of likely N-dealkylation sites (N-methyl/N-ethyl adjacent to an activating group) is 1. The number of hydrogen-bond acceptors (Lipinski definition) is 12. The number of hydrogen-bond donors (Lipinski definition) is 3. The first-order chi connectivity index (χ1) is 20.4. The molecular weight excluding hydrogens is 580 g/mol. The lowest BCUT2D eigenvalue weighted by atomic mass is 10.1. The number of nitrogens with zero attached hydrogens (tertiary/aromatic N) is 5. The molecule has 3 N–H and O–H groups in total. The van der Waals surface area contributed by atoms with Gasteiger partial charge in [-0.1, -0.05) is 11.6 Å². The first-order valence-electron chi connectivity index (χ1n) is 13.4. The van der Waals surface area contributed by atoms with Gasteiger partial charge in [-0.25, -0.2) is 9.78 Å². The third-order valence-electron chi connectivity index (χ3n) is 6.43. The number of methoxy groups -OCH3 is 2. The molecule has 0 radical (unpaired) electrons. The Morgan fingerprint density at radius 2 is 1.70 bits per heavy atom. The third kappa shape index (κ3) is 8.05. The van der Waals surface area contributed by atoms with Crippen molar-refractivity contribution >= 4 is 57.9 Å². The number of aromatic nitrogens is 2. The van der Waals surface area contributed by atoms with Gasteiger partial charge in [-0.2, -0.15) is 4.98 Å². The van der Waals surface area contributed by atoms with Crippen LogP contribution in [0.4, 0.5) is 45.0 Å². The predicted molar refractivity (Wildman–Crippen MR) is 166 cm³/mol. The van der Waals surface area contributed by atoms with E-state index in [1.54, 1.807) is 45.0 Å². The molecule has 2 aromatic carbocycles. The van der Waals surface area contributed by atoms with E-state index in [0.29, 0.717) is 47.3 Å². The smallest absolute Gasteiger partial charge is 0.412 e. The first-order valence-corrected chi connectivity index (χ1v) is 13.8. The van der Waals surface area contributed by atoms with E-state index in [-0.39, 0.29) is 22.5 Å². The fraction of sp³-hybridized carbons (Fsp3) is 0.393. The Kier molecular flexibility index (Phi) is 9.61. The van der Waals surface area contributed by atoms with E-state index >= 15 is 0 Å². The van der Waals surface area contributed by atoms with Gasteiger partial charge in [-0.3, -0.25) is 15.4 Å². The minimum absolute atomic E-state index is 0.0648. The van der Waals surface area contributed by atoms with E-state index in [0.717, 1.165) is 13.1 Å². The maximum atomic E-state index is 12.2. The molecule has 1 amide bonds. The molecule has 2 heterocycles. The molecule has 0 aliphatic carbocycles. The Balaban J connectivity index is 1.57. The van der Waals surface area contributed by atoms with Crippen molar-refractivity contribution in [3.8, 4) is 11.5 Å².